The molecule has 12 heavy (non-hydrogen) atoms. The Hall–Kier alpha value is -1.39. The molecule has 1 heterocycles. The van der Waals surface area contributed by atoms with E-state index in [9.17, 15) is 10.1 Å². The topological polar surface area (TPSA) is 61.0 Å². The minimum Gasteiger partial charge on any atom is -0.268 e. The molecule has 5 nitrogen and oxygen atoms in total. The van der Waals surface area contributed by atoms with Crippen LogP contribution in [-0.4, -0.2) is 14.7 Å². The molecule has 1 rings (SSSR count). The van der Waals surface area contributed by atoms with Crippen molar-refractivity contribution in [2.45, 2.75) is 19.8 Å². The maximum Gasteiger partial charge on any atom is 0.310 e. The number of aromatic nitrogens is 2. The van der Waals surface area contributed by atoms with Gasteiger partial charge in [-0.2, -0.15) is 5.10 Å². The Morgan fingerprint density at radius 2 is 2.25 bits per heavy atom. The predicted octanol–water partition coefficient (Wildman–Crippen LogP) is 1.45. The molecule has 0 unspecified atom stereocenters. The van der Waals surface area contributed by atoms with Crippen molar-refractivity contribution in [3.05, 3.63) is 22.0 Å². The van der Waals surface area contributed by atoms with Gasteiger partial charge in [0, 0.05) is 13.0 Å². The fraction of sp³-hybridized carbons (Fsp3) is 0.571. The van der Waals surface area contributed by atoms with Crippen LogP contribution < -0.4 is 0 Å². The lowest BCUT2D eigenvalue weighted by Crippen LogP contribution is -1.95. The molecule has 0 atom stereocenters. The second kappa shape index (κ2) is 2.92. The van der Waals surface area contributed by atoms with Crippen LogP contribution in [0.15, 0.2) is 6.20 Å². The molecule has 0 radical (unpaired) electrons. The van der Waals surface area contributed by atoms with Crippen LogP contribution in [0.5, 0.6) is 0 Å². The zero-order valence-corrected chi connectivity index (χ0v) is 7.31. The van der Waals surface area contributed by atoms with Gasteiger partial charge in [0.15, 0.2) is 0 Å². The summed E-state index contributed by atoms with van der Waals surface area (Å²) < 4.78 is 1.47. The summed E-state index contributed by atoms with van der Waals surface area (Å²) in [4.78, 5) is 10.1. The maximum absolute atomic E-state index is 10.5. The molecule has 0 aromatic carbocycles. The van der Waals surface area contributed by atoms with Crippen molar-refractivity contribution in [1.82, 2.24) is 9.78 Å². The number of hydrogen-bond donors (Lipinski definition) is 0. The van der Waals surface area contributed by atoms with E-state index in [0.717, 1.165) is 0 Å². The minimum atomic E-state index is -0.400. The van der Waals surface area contributed by atoms with Gasteiger partial charge in [-0.3, -0.25) is 14.8 Å². The zero-order valence-electron chi connectivity index (χ0n) is 7.31. The average molecular weight is 169 g/mol. The van der Waals surface area contributed by atoms with Gasteiger partial charge in [-0.25, -0.2) is 0 Å². The smallest absolute Gasteiger partial charge is 0.268 e. The molecule has 0 aliphatic carbocycles. The van der Waals surface area contributed by atoms with E-state index < -0.39 is 4.92 Å². The summed E-state index contributed by atoms with van der Waals surface area (Å²) in [5.74, 6) is 0.0894. The van der Waals surface area contributed by atoms with Gasteiger partial charge in [-0.1, -0.05) is 13.8 Å². The summed E-state index contributed by atoms with van der Waals surface area (Å²) in [5.41, 5.74) is 0.648. The van der Waals surface area contributed by atoms with E-state index in [-0.39, 0.29) is 11.6 Å². The maximum atomic E-state index is 10.5. The molecule has 66 valence electrons. The summed E-state index contributed by atoms with van der Waals surface area (Å²) in [6.07, 6.45) is 1.43. The first-order chi connectivity index (χ1) is 5.52. The van der Waals surface area contributed by atoms with E-state index in [0.29, 0.717) is 5.69 Å². The van der Waals surface area contributed by atoms with Crippen molar-refractivity contribution in [3.63, 3.8) is 0 Å². The lowest BCUT2D eigenvalue weighted by molar-refractivity contribution is -0.385. The van der Waals surface area contributed by atoms with Crippen molar-refractivity contribution in [2.24, 2.45) is 7.05 Å². The normalized spacial score (nSPS) is 10.7. The van der Waals surface area contributed by atoms with Crippen molar-refractivity contribution >= 4 is 5.69 Å². The molecule has 0 aliphatic heterocycles. The Morgan fingerprint density at radius 1 is 1.67 bits per heavy atom. The Balaban J connectivity index is 3.17. The van der Waals surface area contributed by atoms with Crippen molar-refractivity contribution in [3.8, 4) is 0 Å². The lowest BCUT2D eigenvalue weighted by atomic mass is 10.1. The van der Waals surface area contributed by atoms with Crippen LogP contribution in [0, 0.1) is 10.1 Å². The minimum absolute atomic E-state index is 0.0894. The molecule has 1 aromatic heterocycles. The third-order valence-electron chi connectivity index (χ3n) is 1.58. The fourth-order valence-corrected chi connectivity index (χ4v) is 1.05. The van der Waals surface area contributed by atoms with Crippen LogP contribution in [0.4, 0.5) is 5.69 Å². The van der Waals surface area contributed by atoms with Crippen molar-refractivity contribution in [1.29, 1.82) is 0 Å². The SMILES string of the molecule is CC(C)c1nn(C)cc1[N+](=O)[O-]. The molecule has 0 N–H and O–H groups in total. The molecule has 5 heteroatoms. The number of hydrogen-bond acceptors (Lipinski definition) is 3. The van der Waals surface area contributed by atoms with E-state index in [1.54, 1.807) is 7.05 Å². The van der Waals surface area contributed by atoms with Crippen LogP contribution in [0.2, 0.25) is 0 Å². The molecule has 0 bridgehead atoms. The van der Waals surface area contributed by atoms with Crippen LogP contribution in [0.25, 0.3) is 0 Å². The van der Waals surface area contributed by atoms with Gasteiger partial charge in [0.2, 0.25) is 0 Å². The second-order valence-electron chi connectivity index (χ2n) is 2.99. The summed E-state index contributed by atoms with van der Waals surface area (Å²) in [5, 5.41) is 14.5. The summed E-state index contributed by atoms with van der Waals surface area (Å²) in [7, 11) is 1.68. The molecule has 0 amide bonds. The molecule has 0 saturated carbocycles. The van der Waals surface area contributed by atoms with Crippen LogP contribution in [0.1, 0.15) is 25.5 Å². The predicted molar refractivity (Wildman–Crippen MR) is 44.0 cm³/mol. The Labute approximate surface area is 70.2 Å². The van der Waals surface area contributed by atoms with E-state index in [4.69, 9.17) is 0 Å². The van der Waals surface area contributed by atoms with E-state index >= 15 is 0 Å². The highest BCUT2D eigenvalue weighted by Gasteiger charge is 2.20. The lowest BCUT2D eigenvalue weighted by Gasteiger charge is -1.97. The van der Waals surface area contributed by atoms with Crippen molar-refractivity contribution in [2.75, 3.05) is 0 Å². The average Bonchev–Trinajstić information content (AvgIpc) is 2.31. The third-order valence-corrected chi connectivity index (χ3v) is 1.58. The Bertz CT molecular complexity index is 304. The van der Waals surface area contributed by atoms with Crippen LogP contribution in [-0.2, 0) is 7.05 Å². The summed E-state index contributed by atoms with van der Waals surface area (Å²) in [6.45, 7) is 3.77. The van der Waals surface area contributed by atoms with Gasteiger partial charge in [0.05, 0.1) is 4.92 Å². The van der Waals surface area contributed by atoms with E-state index in [1.807, 2.05) is 13.8 Å². The van der Waals surface area contributed by atoms with Gasteiger partial charge in [0.25, 0.3) is 0 Å². The fourth-order valence-electron chi connectivity index (χ4n) is 1.05. The molecule has 0 saturated heterocycles. The molecule has 1 aromatic rings. The second-order valence-corrected chi connectivity index (χ2v) is 2.99. The number of nitro groups is 1. The molecular formula is C7H11N3O2. The standard InChI is InChI=1S/C7H11N3O2/c1-5(2)7-6(10(11)12)4-9(3)8-7/h4-5H,1-3H3. The quantitative estimate of drug-likeness (QED) is 0.497. The Kier molecular flexibility index (Phi) is 2.12. The van der Waals surface area contributed by atoms with E-state index in [2.05, 4.69) is 5.10 Å². The first-order valence-electron chi connectivity index (χ1n) is 3.70. The van der Waals surface area contributed by atoms with Gasteiger partial charge in [-0.05, 0) is 0 Å². The van der Waals surface area contributed by atoms with Crippen LogP contribution in [0.3, 0.4) is 0 Å². The first kappa shape index (κ1) is 8.70. The molecule has 0 fully saturated rings. The highest BCUT2D eigenvalue weighted by molar-refractivity contribution is 5.34. The van der Waals surface area contributed by atoms with Gasteiger partial charge < -0.3 is 0 Å². The van der Waals surface area contributed by atoms with Crippen molar-refractivity contribution < 1.29 is 4.92 Å². The summed E-state index contributed by atoms with van der Waals surface area (Å²) in [6, 6.07) is 0. The van der Waals surface area contributed by atoms with Gasteiger partial charge in [0.1, 0.15) is 11.9 Å². The molecule has 0 spiro atoms. The number of aryl methyl sites for hydroxylation is 1. The highest BCUT2D eigenvalue weighted by Crippen LogP contribution is 2.23. The zero-order chi connectivity index (χ0) is 9.30. The van der Waals surface area contributed by atoms with E-state index in [1.165, 1.54) is 10.9 Å². The number of rotatable bonds is 2. The van der Waals surface area contributed by atoms with Crippen LogP contribution >= 0.6 is 0 Å². The van der Waals surface area contributed by atoms with Gasteiger partial charge >= 0.3 is 5.69 Å². The number of nitrogens with zero attached hydrogens (tertiary/aromatic N) is 3. The van der Waals surface area contributed by atoms with Gasteiger partial charge in [-0.15, -0.1) is 0 Å². The molecular weight excluding hydrogens is 158 g/mol. The third kappa shape index (κ3) is 1.44. The highest BCUT2D eigenvalue weighted by atomic mass is 16.6. The summed E-state index contributed by atoms with van der Waals surface area (Å²) >= 11 is 0. The Morgan fingerprint density at radius 3 is 2.58 bits per heavy atom. The molecule has 0 aliphatic rings. The monoisotopic (exact) mass is 169 g/mol. The first-order valence-corrected chi connectivity index (χ1v) is 3.70. The largest absolute Gasteiger partial charge is 0.310 e.